The number of ether oxygens (including phenoxy) is 2. The minimum absolute atomic E-state index is 0.0525. The number of amidine groups is 1. The van der Waals surface area contributed by atoms with Crippen LogP contribution < -0.4 is 19.3 Å². The zero-order valence-corrected chi connectivity index (χ0v) is 19.6. The van der Waals surface area contributed by atoms with Gasteiger partial charge in [-0.15, -0.1) is 0 Å². The highest BCUT2D eigenvalue weighted by Crippen LogP contribution is 2.35. The van der Waals surface area contributed by atoms with Crippen molar-refractivity contribution in [3.8, 4) is 11.5 Å². The van der Waals surface area contributed by atoms with Gasteiger partial charge < -0.3 is 27.0 Å². The van der Waals surface area contributed by atoms with Gasteiger partial charge in [-0.3, -0.25) is 14.5 Å². The van der Waals surface area contributed by atoms with E-state index in [0.29, 0.717) is 17.2 Å². The van der Waals surface area contributed by atoms with Gasteiger partial charge in [-0.2, -0.15) is 0 Å². The molecule has 4 rings (SSSR count). The van der Waals surface area contributed by atoms with E-state index in [2.05, 4.69) is 17.1 Å². The van der Waals surface area contributed by atoms with Crippen molar-refractivity contribution in [2.75, 3.05) is 32.2 Å². The molecule has 0 aromatic heterocycles. The SMILES string of the molecule is COc1ccc(OC)c(N2C(=O)/C(=C/c3ccc([NH+]4CCCCCC4)cc3)C(=O)N=C2[S-])c1. The number of nitrogens with one attached hydrogen (secondary N) is 1. The van der Waals surface area contributed by atoms with E-state index in [9.17, 15) is 9.59 Å². The molecule has 2 aromatic rings. The maximum atomic E-state index is 13.4. The van der Waals surface area contributed by atoms with E-state index in [-0.39, 0.29) is 10.7 Å². The lowest BCUT2D eigenvalue weighted by molar-refractivity contribution is -0.831. The number of anilines is 1. The Hall–Kier alpha value is -3.23. The second kappa shape index (κ2) is 10.1. The fourth-order valence-corrected chi connectivity index (χ4v) is 4.49. The molecular formula is C25H27N3O4S. The molecule has 0 unspecified atom stereocenters. The lowest BCUT2D eigenvalue weighted by Crippen LogP contribution is -3.07. The number of carbonyl (C=O) groups excluding carboxylic acids is 2. The number of nitrogens with zero attached hydrogens (tertiary/aromatic N) is 2. The van der Waals surface area contributed by atoms with Gasteiger partial charge in [0.2, 0.25) is 0 Å². The summed E-state index contributed by atoms with van der Waals surface area (Å²) < 4.78 is 10.7. The van der Waals surface area contributed by atoms with Gasteiger partial charge in [0.15, 0.2) is 0 Å². The summed E-state index contributed by atoms with van der Waals surface area (Å²) in [5.41, 5.74) is 2.30. The van der Waals surface area contributed by atoms with E-state index in [0.717, 1.165) is 18.7 Å². The van der Waals surface area contributed by atoms with Gasteiger partial charge in [0, 0.05) is 6.07 Å². The molecule has 2 heterocycles. The van der Waals surface area contributed by atoms with Crippen LogP contribution in [0.2, 0.25) is 0 Å². The van der Waals surface area contributed by atoms with Gasteiger partial charge in [-0.1, -0.05) is 0 Å². The summed E-state index contributed by atoms with van der Waals surface area (Å²) in [7, 11) is 3.02. The van der Waals surface area contributed by atoms with E-state index in [1.54, 1.807) is 24.3 Å². The predicted octanol–water partition coefficient (Wildman–Crippen LogP) is 2.65. The van der Waals surface area contributed by atoms with Crippen LogP contribution in [0.4, 0.5) is 11.4 Å². The molecule has 0 bridgehead atoms. The molecule has 0 atom stereocenters. The molecule has 33 heavy (non-hydrogen) atoms. The summed E-state index contributed by atoms with van der Waals surface area (Å²) in [5, 5.41) is -0.131. The largest absolute Gasteiger partial charge is 0.742 e. The third-order valence-corrected chi connectivity index (χ3v) is 6.29. The Labute approximate surface area is 199 Å². The van der Waals surface area contributed by atoms with Crippen LogP contribution in [0.5, 0.6) is 11.5 Å². The first-order chi connectivity index (χ1) is 16.0. The molecule has 0 aliphatic carbocycles. The first kappa shape index (κ1) is 22.9. The van der Waals surface area contributed by atoms with Crippen molar-refractivity contribution >= 4 is 47.1 Å². The Kier molecular flexibility index (Phi) is 7.05. The highest BCUT2D eigenvalue weighted by molar-refractivity contribution is 7.78. The van der Waals surface area contributed by atoms with Gasteiger partial charge in [-0.05, 0) is 78.9 Å². The average molecular weight is 466 g/mol. The van der Waals surface area contributed by atoms with Crippen molar-refractivity contribution in [2.24, 2.45) is 4.99 Å². The minimum atomic E-state index is -0.648. The van der Waals surface area contributed by atoms with Gasteiger partial charge in [0.25, 0.3) is 11.8 Å². The predicted molar refractivity (Wildman–Crippen MR) is 130 cm³/mol. The standard InChI is InChI=1S/C25H27N3O4S/c1-31-19-11-12-22(32-2)21(16-19)28-24(30)20(23(29)26-25(28)33)15-17-7-9-18(10-8-17)27-13-5-3-4-6-14-27/h7-12,15-16H,3-6,13-14H2,1-2H3,(H,26,29,33)/b20-15+. The summed E-state index contributed by atoms with van der Waals surface area (Å²) >= 11 is 5.26. The van der Waals surface area contributed by atoms with Gasteiger partial charge >= 0.3 is 0 Å². The number of quaternary nitrogens is 1. The van der Waals surface area contributed by atoms with Crippen LogP contribution in [0.1, 0.15) is 31.2 Å². The molecular weight excluding hydrogens is 438 g/mol. The van der Waals surface area contributed by atoms with Crippen LogP contribution in [0.15, 0.2) is 53.0 Å². The molecule has 1 N–H and O–H groups in total. The van der Waals surface area contributed by atoms with Crippen LogP contribution in [0, 0.1) is 0 Å². The molecule has 2 aliphatic rings. The topological polar surface area (TPSA) is 72.6 Å². The van der Waals surface area contributed by atoms with Crippen molar-refractivity contribution in [1.29, 1.82) is 0 Å². The molecule has 7 nitrogen and oxygen atoms in total. The quantitative estimate of drug-likeness (QED) is 0.418. The Balaban J connectivity index is 1.65. The van der Waals surface area contributed by atoms with Crippen LogP contribution >= 0.6 is 0 Å². The van der Waals surface area contributed by atoms with Gasteiger partial charge in [-0.25, -0.2) is 4.99 Å². The number of hydrogen-bond donors (Lipinski definition) is 1. The van der Waals surface area contributed by atoms with Crippen LogP contribution in [-0.4, -0.2) is 44.3 Å². The fourth-order valence-electron chi connectivity index (χ4n) is 4.23. The molecule has 172 valence electrons. The van der Waals surface area contributed by atoms with Crippen LogP contribution in [-0.2, 0) is 22.2 Å². The number of amides is 2. The number of rotatable bonds is 5. The third kappa shape index (κ3) is 4.91. The van der Waals surface area contributed by atoms with Crippen molar-refractivity contribution in [3.63, 3.8) is 0 Å². The van der Waals surface area contributed by atoms with Crippen molar-refractivity contribution in [1.82, 2.24) is 0 Å². The zero-order valence-electron chi connectivity index (χ0n) is 18.8. The number of aliphatic imine (C=N–C) groups is 1. The average Bonchev–Trinajstić information content (AvgIpc) is 3.11. The summed E-state index contributed by atoms with van der Waals surface area (Å²) in [4.78, 5) is 32.6. The minimum Gasteiger partial charge on any atom is -0.742 e. The number of carbonyl (C=O) groups is 2. The first-order valence-corrected chi connectivity index (χ1v) is 11.5. The van der Waals surface area contributed by atoms with E-state index in [1.807, 2.05) is 12.1 Å². The van der Waals surface area contributed by atoms with Crippen molar-refractivity contribution < 1.29 is 24.0 Å². The molecule has 8 heteroatoms. The monoisotopic (exact) mass is 465 g/mol. The lowest BCUT2D eigenvalue weighted by Gasteiger charge is -2.33. The highest BCUT2D eigenvalue weighted by atomic mass is 32.1. The smallest absolute Gasteiger partial charge is 0.282 e. The molecule has 0 radical (unpaired) electrons. The van der Waals surface area contributed by atoms with Crippen LogP contribution in [0.3, 0.4) is 0 Å². The summed E-state index contributed by atoms with van der Waals surface area (Å²) in [6.45, 7) is 2.26. The Morgan fingerprint density at radius 2 is 1.67 bits per heavy atom. The normalized spacial score (nSPS) is 18.8. The Morgan fingerprint density at radius 3 is 2.30 bits per heavy atom. The molecule has 2 amide bonds. The van der Waals surface area contributed by atoms with Crippen molar-refractivity contribution in [2.45, 2.75) is 25.7 Å². The summed E-state index contributed by atoms with van der Waals surface area (Å²) in [6.07, 6.45) is 6.61. The first-order valence-electron chi connectivity index (χ1n) is 11.0. The zero-order chi connectivity index (χ0) is 23.4. The molecule has 1 fully saturated rings. The van der Waals surface area contributed by atoms with E-state index < -0.39 is 11.8 Å². The van der Waals surface area contributed by atoms with E-state index >= 15 is 0 Å². The molecule has 0 spiro atoms. The highest BCUT2D eigenvalue weighted by Gasteiger charge is 2.31. The van der Waals surface area contributed by atoms with E-state index in [4.69, 9.17) is 22.1 Å². The third-order valence-electron chi connectivity index (χ3n) is 6.02. The number of benzene rings is 2. The Morgan fingerprint density at radius 1 is 0.970 bits per heavy atom. The van der Waals surface area contributed by atoms with Crippen molar-refractivity contribution in [3.05, 3.63) is 53.6 Å². The molecule has 1 saturated heterocycles. The summed E-state index contributed by atoms with van der Waals surface area (Å²) in [5.74, 6) is -0.255. The molecule has 0 saturated carbocycles. The Bertz CT molecular complexity index is 1100. The van der Waals surface area contributed by atoms with Gasteiger partial charge in [0.1, 0.15) is 22.8 Å². The molecule has 2 aliphatic heterocycles. The second-order valence-corrected chi connectivity index (χ2v) is 8.44. The summed E-state index contributed by atoms with van der Waals surface area (Å²) in [6, 6.07) is 13.0. The maximum absolute atomic E-state index is 13.4. The van der Waals surface area contributed by atoms with Gasteiger partial charge in [0.05, 0.1) is 33.0 Å². The molecule has 2 aromatic carbocycles. The lowest BCUT2D eigenvalue weighted by atomic mass is 10.1. The van der Waals surface area contributed by atoms with E-state index in [1.165, 1.54) is 55.4 Å². The second-order valence-electron chi connectivity index (χ2n) is 8.08. The fraction of sp³-hybridized carbons (Fsp3) is 0.320. The maximum Gasteiger partial charge on any atom is 0.282 e. The number of methoxy groups -OCH3 is 2. The van der Waals surface area contributed by atoms with Crippen LogP contribution in [0.25, 0.3) is 6.08 Å². The number of hydrogen-bond acceptors (Lipinski definition) is 5.